The standard InChI is InChI=1S/C11H15N3O4/c1-6(2)5-13-8(15)12-9(16)14(10(13)17)7-11(3,4)18-7/h5,7H,1-4H3,(H,12,15,16). The summed E-state index contributed by atoms with van der Waals surface area (Å²) >= 11 is 0. The lowest BCUT2D eigenvalue weighted by atomic mass is 10.2. The molecule has 1 unspecified atom stereocenters. The fourth-order valence-electron chi connectivity index (χ4n) is 1.70. The Morgan fingerprint density at radius 3 is 2.28 bits per heavy atom. The lowest BCUT2D eigenvalue weighted by molar-refractivity contribution is 0.293. The van der Waals surface area contributed by atoms with Gasteiger partial charge in [0.15, 0.2) is 6.23 Å². The predicted octanol–water partition coefficient (Wildman–Crippen LogP) is -0.114. The van der Waals surface area contributed by atoms with E-state index in [-0.39, 0.29) is 0 Å². The first-order chi connectivity index (χ1) is 8.24. The lowest BCUT2D eigenvalue weighted by Gasteiger charge is -2.04. The Balaban J connectivity index is 2.70. The van der Waals surface area contributed by atoms with Gasteiger partial charge in [-0.25, -0.2) is 23.5 Å². The van der Waals surface area contributed by atoms with Gasteiger partial charge in [-0.3, -0.25) is 4.98 Å². The highest BCUT2D eigenvalue weighted by Crippen LogP contribution is 2.43. The summed E-state index contributed by atoms with van der Waals surface area (Å²) in [5.74, 6) is 0. The molecule has 7 nitrogen and oxygen atoms in total. The van der Waals surface area contributed by atoms with E-state index in [0.29, 0.717) is 0 Å². The number of epoxide rings is 1. The Morgan fingerprint density at radius 2 is 1.83 bits per heavy atom. The summed E-state index contributed by atoms with van der Waals surface area (Å²) < 4.78 is 7.05. The van der Waals surface area contributed by atoms with Crippen molar-refractivity contribution < 1.29 is 4.74 Å². The molecule has 0 aromatic carbocycles. The maximum absolute atomic E-state index is 12.1. The Labute approximate surface area is 102 Å². The van der Waals surface area contributed by atoms with Crippen molar-refractivity contribution in [1.82, 2.24) is 14.1 Å². The van der Waals surface area contributed by atoms with E-state index in [9.17, 15) is 14.4 Å². The smallest absolute Gasteiger partial charge is 0.342 e. The fourth-order valence-corrected chi connectivity index (χ4v) is 1.70. The molecule has 0 bridgehead atoms. The molecule has 1 saturated heterocycles. The zero-order valence-electron chi connectivity index (χ0n) is 10.7. The summed E-state index contributed by atoms with van der Waals surface area (Å²) in [6.45, 7) is 7.03. The number of aromatic amines is 1. The third-order valence-corrected chi connectivity index (χ3v) is 2.64. The van der Waals surface area contributed by atoms with Crippen LogP contribution in [-0.4, -0.2) is 19.7 Å². The second kappa shape index (κ2) is 3.81. The topological polar surface area (TPSA) is 89.4 Å². The molecule has 1 N–H and O–H groups in total. The average Bonchev–Trinajstić information content (AvgIpc) is 2.81. The number of H-pyrrole nitrogens is 1. The van der Waals surface area contributed by atoms with Gasteiger partial charge in [0.05, 0.1) is 0 Å². The van der Waals surface area contributed by atoms with E-state index < -0.39 is 28.9 Å². The van der Waals surface area contributed by atoms with E-state index >= 15 is 0 Å². The van der Waals surface area contributed by atoms with Crippen molar-refractivity contribution >= 4 is 6.20 Å². The van der Waals surface area contributed by atoms with Crippen LogP contribution in [-0.2, 0) is 4.74 Å². The third kappa shape index (κ3) is 1.97. The van der Waals surface area contributed by atoms with Crippen molar-refractivity contribution in [1.29, 1.82) is 0 Å². The molecule has 2 heterocycles. The van der Waals surface area contributed by atoms with E-state index in [2.05, 4.69) is 4.98 Å². The Kier molecular flexibility index (Phi) is 2.66. The second-order valence-corrected chi connectivity index (χ2v) is 5.04. The van der Waals surface area contributed by atoms with Crippen LogP contribution in [0.1, 0.15) is 33.9 Å². The van der Waals surface area contributed by atoms with E-state index in [1.165, 1.54) is 6.20 Å². The monoisotopic (exact) mass is 253 g/mol. The molecule has 0 radical (unpaired) electrons. The van der Waals surface area contributed by atoms with Gasteiger partial charge in [-0.15, -0.1) is 0 Å². The molecule has 98 valence electrons. The average molecular weight is 253 g/mol. The van der Waals surface area contributed by atoms with Crippen molar-refractivity contribution in [3.05, 3.63) is 37.0 Å². The number of nitrogens with zero attached hydrogens (tertiary/aromatic N) is 2. The summed E-state index contributed by atoms with van der Waals surface area (Å²) in [5.41, 5.74) is -1.99. The van der Waals surface area contributed by atoms with Gasteiger partial charge in [-0.2, -0.15) is 0 Å². The largest absolute Gasteiger partial charge is 0.344 e. The number of hydrogen-bond donors (Lipinski definition) is 1. The zero-order valence-corrected chi connectivity index (χ0v) is 10.7. The van der Waals surface area contributed by atoms with Crippen LogP contribution >= 0.6 is 0 Å². The maximum Gasteiger partial charge on any atom is 0.342 e. The highest BCUT2D eigenvalue weighted by molar-refractivity contribution is 5.26. The predicted molar refractivity (Wildman–Crippen MR) is 65.4 cm³/mol. The van der Waals surface area contributed by atoms with Crippen LogP contribution in [0.4, 0.5) is 0 Å². The summed E-state index contributed by atoms with van der Waals surface area (Å²) in [4.78, 5) is 37.4. The van der Waals surface area contributed by atoms with E-state index in [1.807, 2.05) is 0 Å². The van der Waals surface area contributed by atoms with Crippen molar-refractivity contribution in [2.75, 3.05) is 0 Å². The van der Waals surface area contributed by atoms with Crippen molar-refractivity contribution in [2.24, 2.45) is 0 Å². The van der Waals surface area contributed by atoms with Crippen LogP contribution in [0.15, 0.2) is 20.0 Å². The minimum Gasteiger partial charge on any atom is -0.344 e. The minimum atomic E-state index is -0.751. The summed E-state index contributed by atoms with van der Waals surface area (Å²) in [7, 11) is 0. The minimum absolute atomic E-state index is 0.565. The van der Waals surface area contributed by atoms with Crippen LogP contribution in [0.5, 0.6) is 0 Å². The molecule has 18 heavy (non-hydrogen) atoms. The van der Waals surface area contributed by atoms with Gasteiger partial charge in [0.1, 0.15) is 5.60 Å². The Hall–Kier alpha value is -1.89. The van der Waals surface area contributed by atoms with Crippen LogP contribution in [0.3, 0.4) is 0 Å². The number of aromatic nitrogens is 3. The number of rotatable bonds is 2. The number of nitrogens with one attached hydrogen (secondary N) is 1. The molecule has 0 amide bonds. The molecule has 0 aliphatic carbocycles. The quantitative estimate of drug-likeness (QED) is 0.744. The van der Waals surface area contributed by atoms with Gasteiger partial charge < -0.3 is 4.74 Å². The first-order valence-electron chi connectivity index (χ1n) is 5.54. The molecule has 1 aliphatic heterocycles. The molecule has 1 aliphatic rings. The Morgan fingerprint density at radius 1 is 1.28 bits per heavy atom. The number of allylic oxidation sites excluding steroid dienone is 1. The van der Waals surface area contributed by atoms with Crippen molar-refractivity contribution in [3.8, 4) is 0 Å². The first kappa shape index (κ1) is 12.6. The molecular weight excluding hydrogens is 238 g/mol. The van der Waals surface area contributed by atoms with Crippen molar-refractivity contribution in [2.45, 2.75) is 39.5 Å². The molecular formula is C11H15N3O4. The maximum atomic E-state index is 12.1. The van der Waals surface area contributed by atoms with Crippen molar-refractivity contribution in [3.63, 3.8) is 0 Å². The molecule has 0 spiro atoms. The van der Waals surface area contributed by atoms with Gasteiger partial charge in [0.25, 0.3) is 0 Å². The first-order valence-corrected chi connectivity index (χ1v) is 5.54. The number of ether oxygens (including phenoxy) is 1. The van der Waals surface area contributed by atoms with Crippen LogP contribution in [0, 0.1) is 0 Å². The SMILES string of the molecule is CC(C)=Cn1c(=O)[nH]c(=O)n(C2OC2(C)C)c1=O. The van der Waals surface area contributed by atoms with Crippen LogP contribution in [0.2, 0.25) is 0 Å². The van der Waals surface area contributed by atoms with E-state index in [1.54, 1.807) is 27.7 Å². The van der Waals surface area contributed by atoms with E-state index in [0.717, 1.165) is 14.7 Å². The molecule has 1 fully saturated rings. The van der Waals surface area contributed by atoms with Crippen LogP contribution < -0.4 is 17.1 Å². The third-order valence-electron chi connectivity index (χ3n) is 2.64. The highest BCUT2D eigenvalue weighted by Gasteiger charge is 2.51. The number of hydrogen-bond acceptors (Lipinski definition) is 4. The summed E-state index contributed by atoms with van der Waals surface area (Å²) in [6.07, 6.45) is 0.748. The van der Waals surface area contributed by atoms with Gasteiger partial charge >= 0.3 is 17.1 Å². The normalized spacial score (nSPS) is 20.6. The summed E-state index contributed by atoms with van der Waals surface area (Å²) in [5, 5.41) is 0. The molecule has 2 rings (SSSR count). The Bertz CT molecular complexity index is 685. The fraction of sp³-hybridized carbons (Fsp3) is 0.545. The zero-order chi connectivity index (χ0) is 13.7. The lowest BCUT2D eigenvalue weighted by Crippen LogP contribution is -2.48. The molecule has 0 saturated carbocycles. The molecule has 1 atom stereocenters. The highest BCUT2D eigenvalue weighted by atomic mass is 16.6. The van der Waals surface area contributed by atoms with Crippen LogP contribution in [0.25, 0.3) is 6.20 Å². The second-order valence-electron chi connectivity index (χ2n) is 5.04. The van der Waals surface area contributed by atoms with Gasteiger partial charge in [-0.1, -0.05) is 5.57 Å². The van der Waals surface area contributed by atoms with Gasteiger partial charge in [-0.05, 0) is 27.7 Å². The van der Waals surface area contributed by atoms with Gasteiger partial charge in [0.2, 0.25) is 0 Å². The van der Waals surface area contributed by atoms with E-state index in [4.69, 9.17) is 4.74 Å². The molecule has 1 aromatic heterocycles. The van der Waals surface area contributed by atoms with Gasteiger partial charge in [0, 0.05) is 6.20 Å². The summed E-state index contributed by atoms with van der Waals surface area (Å²) in [6, 6.07) is 0. The molecule has 7 heteroatoms. The molecule has 1 aromatic rings.